The minimum atomic E-state index is -0.795. The molecular weight excluding hydrogens is 220 g/mol. The molecule has 1 heteroatoms. The minimum Gasteiger partial charge on any atom is -0.385 e. The highest BCUT2D eigenvalue weighted by atomic mass is 16.3. The van der Waals surface area contributed by atoms with Crippen molar-refractivity contribution < 1.29 is 5.11 Å². The first-order valence-electron chi connectivity index (χ1n) is 6.76. The Bertz CT molecular complexity index is 406. The molecule has 0 aromatic heterocycles. The molecule has 1 nitrogen and oxygen atoms in total. The Morgan fingerprint density at radius 3 is 1.83 bits per heavy atom. The summed E-state index contributed by atoms with van der Waals surface area (Å²) in [6, 6.07) is 8.18. The molecule has 102 valence electrons. The van der Waals surface area contributed by atoms with Crippen molar-refractivity contribution in [1.82, 2.24) is 0 Å². The largest absolute Gasteiger partial charge is 0.385 e. The fourth-order valence-electron chi connectivity index (χ4n) is 2.57. The molecule has 1 unspecified atom stereocenters. The van der Waals surface area contributed by atoms with Crippen molar-refractivity contribution in [1.29, 1.82) is 0 Å². The molecule has 0 radical (unpaired) electrons. The van der Waals surface area contributed by atoms with Gasteiger partial charge in [0.05, 0.1) is 5.60 Å². The molecule has 1 N–H and O–H groups in total. The van der Waals surface area contributed by atoms with E-state index in [1.54, 1.807) is 0 Å². The fraction of sp³-hybridized carbons (Fsp3) is 0.647. The number of rotatable bonds is 2. The molecule has 0 amide bonds. The van der Waals surface area contributed by atoms with Crippen LogP contribution in [-0.2, 0) is 5.60 Å². The molecule has 0 aliphatic carbocycles. The van der Waals surface area contributed by atoms with E-state index in [0.29, 0.717) is 0 Å². The van der Waals surface area contributed by atoms with Gasteiger partial charge in [0.2, 0.25) is 0 Å². The predicted octanol–water partition coefficient (Wildman–Crippen LogP) is 4.66. The molecule has 1 atom stereocenters. The summed E-state index contributed by atoms with van der Waals surface area (Å²) in [4.78, 5) is 0. The Balaban J connectivity index is 3.35. The van der Waals surface area contributed by atoms with Crippen LogP contribution in [0.3, 0.4) is 0 Å². The molecule has 0 bridgehead atoms. The number of hydrogen-bond donors (Lipinski definition) is 1. The summed E-state index contributed by atoms with van der Waals surface area (Å²) in [5, 5.41) is 11.3. The van der Waals surface area contributed by atoms with E-state index >= 15 is 0 Å². The zero-order valence-electron chi connectivity index (χ0n) is 13.0. The summed E-state index contributed by atoms with van der Waals surface area (Å²) in [7, 11) is 0. The molecule has 0 spiro atoms. The van der Waals surface area contributed by atoms with Crippen molar-refractivity contribution in [3.8, 4) is 0 Å². The first-order chi connectivity index (χ1) is 7.97. The van der Waals surface area contributed by atoms with Gasteiger partial charge in [0, 0.05) is 0 Å². The van der Waals surface area contributed by atoms with Gasteiger partial charge in [-0.15, -0.1) is 0 Å². The van der Waals surface area contributed by atoms with Gasteiger partial charge in [-0.1, -0.05) is 65.8 Å². The molecule has 1 aromatic rings. The second kappa shape index (κ2) is 4.70. The molecule has 0 fully saturated rings. The second-order valence-electron chi connectivity index (χ2n) is 7.66. The predicted molar refractivity (Wildman–Crippen MR) is 78.6 cm³/mol. The monoisotopic (exact) mass is 248 g/mol. The second-order valence-corrected chi connectivity index (χ2v) is 7.66. The van der Waals surface area contributed by atoms with Crippen molar-refractivity contribution in [2.24, 2.45) is 10.8 Å². The zero-order valence-corrected chi connectivity index (χ0v) is 13.0. The fourth-order valence-corrected chi connectivity index (χ4v) is 2.57. The standard InChI is InChI=1S/C17H28O/c1-13-10-8-9-11-14(13)17(18,16(5,6)7)12-15(2,3)4/h8-11,18H,12H2,1-7H3. The van der Waals surface area contributed by atoms with Gasteiger partial charge < -0.3 is 5.11 Å². The molecule has 1 rings (SSSR count). The van der Waals surface area contributed by atoms with Crippen molar-refractivity contribution in [3.63, 3.8) is 0 Å². The average molecular weight is 248 g/mol. The van der Waals surface area contributed by atoms with Crippen molar-refractivity contribution in [2.45, 2.75) is 60.5 Å². The van der Waals surface area contributed by atoms with Crippen LogP contribution in [0.25, 0.3) is 0 Å². The number of aryl methyl sites for hydroxylation is 1. The maximum Gasteiger partial charge on any atom is 0.0952 e. The lowest BCUT2D eigenvalue weighted by atomic mass is 9.64. The quantitative estimate of drug-likeness (QED) is 0.806. The van der Waals surface area contributed by atoms with Crippen LogP contribution in [0.15, 0.2) is 24.3 Å². The van der Waals surface area contributed by atoms with Crippen LogP contribution in [0.1, 0.15) is 59.1 Å². The first-order valence-corrected chi connectivity index (χ1v) is 6.76. The van der Waals surface area contributed by atoms with Crippen molar-refractivity contribution >= 4 is 0 Å². The maximum absolute atomic E-state index is 11.3. The van der Waals surface area contributed by atoms with E-state index in [2.05, 4.69) is 60.6 Å². The molecule has 18 heavy (non-hydrogen) atoms. The van der Waals surface area contributed by atoms with Gasteiger partial charge in [0.1, 0.15) is 0 Å². The molecule has 0 aliphatic rings. The molecule has 0 aliphatic heterocycles. The smallest absolute Gasteiger partial charge is 0.0952 e. The summed E-state index contributed by atoms with van der Waals surface area (Å²) in [5.74, 6) is 0. The summed E-state index contributed by atoms with van der Waals surface area (Å²) >= 11 is 0. The highest BCUT2D eigenvalue weighted by Gasteiger charge is 2.44. The maximum atomic E-state index is 11.3. The van der Waals surface area contributed by atoms with Crippen LogP contribution in [0.4, 0.5) is 0 Å². The summed E-state index contributed by atoms with van der Waals surface area (Å²) in [6.07, 6.45) is 0.758. The number of aliphatic hydroxyl groups is 1. The van der Waals surface area contributed by atoms with E-state index < -0.39 is 5.60 Å². The lowest BCUT2D eigenvalue weighted by molar-refractivity contribution is -0.0924. The highest BCUT2D eigenvalue weighted by molar-refractivity contribution is 5.33. The van der Waals surface area contributed by atoms with Crippen LogP contribution < -0.4 is 0 Å². The average Bonchev–Trinajstić information content (AvgIpc) is 2.13. The number of benzene rings is 1. The topological polar surface area (TPSA) is 20.2 Å². The Kier molecular flexibility index (Phi) is 3.97. The van der Waals surface area contributed by atoms with E-state index in [1.165, 1.54) is 5.56 Å². The molecule has 0 saturated heterocycles. The third-order valence-corrected chi connectivity index (χ3v) is 3.62. The summed E-state index contributed by atoms with van der Waals surface area (Å²) < 4.78 is 0. The highest BCUT2D eigenvalue weighted by Crippen LogP contribution is 2.47. The van der Waals surface area contributed by atoms with Crippen LogP contribution >= 0.6 is 0 Å². The minimum absolute atomic E-state index is 0.0876. The zero-order chi connectivity index (χ0) is 14.2. The Hall–Kier alpha value is -0.820. The Morgan fingerprint density at radius 1 is 0.944 bits per heavy atom. The van der Waals surface area contributed by atoms with Gasteiger partial charge in [0.25, 0.3) is 0 Å². The number of hydrogen-bond acceptors (Lipinski definition) is 1. The van der Waals surface area contributed by atoms with Gasteiger partial charge >= 0.3 is 0 Å². The van der Waals surface area contributed by atoms with E-state index in [4.69, 9.17) is 0 Å². The van der Waals surface area contributed by atoms with E-state index in [0.717, 1.165) is 12.0 Å². The van der Waals surface area contributed by atoms with E-state index in [1.807, 2.05) is 12.1 Å². The Morgan fingerprint density at radius 2 is 1.44 bits per heavy atom. The summed E-state index contributed by atoms with van der Waals surface area (Å²) in [6.45, 7) is 15.0. The SMILES string of the molecule is Cc1ccccc1C(O)(CC(C)(C)C)C(C)(C)C. The van der Waals surface area contributed by atoms with Gasteiger partial charge in [0.15, 0.2) is 0 Å². The summed E-state index contributed by atoms with van der Waals surface area (Å²) in [5.41, 5.74) is 1.33. The van der Waals surface area contributed by atoms with Gasteiger partial charge in [-0.3, -0.25) is 0 Å². The lowest BCUT2D eigenvalue weighted by Crippen LogP contribution is -2.43. The van der Waals surface area contributed by atoms with Crippen LogP contribution in [-0.4, -0.2) is 5.11 Å². The lowest BCUT2D eigenvalue weighted by Gasteiger charge is -2.45. The normalized spacial score (nSPS) is 16.4. The van der Waals surface area contributed by atoms with E-state index in [-0.39, 0.29) is 10.8 Å². The van der Waals surface area contributed by atoms with Gasteiger partial charge in [-0.25, -0.2) is 0 Å². The third-order valence-electron chi connectivity index (χ3n) is 3.62. The van der Waals surface area contributed by atoms with Crippen molar-refractivity contribution in [2.75, 3.05) is 0 Å². The van der Waals surface area contributed by atoms with Gasteiger partial charge in [-0.2, -0.15) is 0 Å². The van der Waals surface area contributed by atoms with Crippen LogP contribution in [0.5, 0.6) is 0 Å². The van der Waals surface area contributed by atoms with Crippen molar-refractivity contribution in [3.05, 3.63) is 35.4 Å². The van der Waals surface area contributed by atoms with Gasteiger partial charge in [-0.05, 0) is 35.3 Å². The van der Waals surface area contributed by atoms with Crippen LogP contribution in [0.2, 0.25) is 0 Å². The van der Waals surface area contributed by atoms with Crippen LogP contribution in [0, 0.1) is 17.8 Å². The third kappa shape index (κ3) is 3.14. The molecule has 0 heterocycles. The first kappa shape index (κ1) is 15.2. The van der Waals surface area contributed by atoms with E-state index in [9.17, 15) is 5.11 Å². The molecule has 1 aromatic carbocycles. The molecule has 0 saturated carbocycles. The Labute approximate surface area is 112 Å². The molecular formula is C17H28O.